The predicted octanol–water partition coefficient (Wildman–Crippen LogP) is 2.24. The van der Waals surface area contributed by atoms with Crippen molar-refractivity contribution in [2.75, 3.05) is 14.1 Å². The maximum Gasteiger partial charge on any atom is 0.347 e. The van der Waals surface area contributed by atoms with Crippen molar-refractivity contribution in [3.63, 3.8) is 0 Å². The van der Waals surface area contributed by atoms with Gasteiger partial charge < -0.3 is 31.3 Å². The van der Waals surface area contributed by atoms with Gasteiger partial charge in [-0.1, -0.05) is 42.8 Å². The minimum absolute atomic E-state index is 0. The number of piperidine rings is 1. The molecule has 2 aliphatic rings. The molecule has 0 aliphatic carbocycles. The van der Waals surface area contributed by atoms with Gasteiger partial charge in [0.15, 0.2) is 0 Å². The number of nitrogens with zero attached hydrogens (tertiary/aromatic N) is 1. The lowest BCUT2D eigenvalue weighted by Crippen LogP contribution is -3.00. The van der Waals surface area contributed by atoms with Crippen molar-refractivity contribution < 1.29 is 44.9 Å². The van der Waals surface area contributed by atoms with Crippen molar-refractivity contribution in [3.8, 4) is 0 Å². The standard InChI is InChI=1S/C23H22Cl2F2NO3.CH4.BrH/c1-28(2)15-5-6-16(28)12-17(11-15)31-22(29)23(30,13-3-7-18(24)20(26)9-13)14-4-8-19(25)21(27)10-14;;/h3-10,15-17,30H,11-12H2,1-2H3;1H4;1H/q+1;;/p-1/t15-,16?,17?;;/m1../s1. The van der Waals surface area contributed by atoms with E-state index in [1.54, 1.807) is 0 Å². The third kappa shape index (κ3) is 4.84. The van der Waals surface area contributed by atoms with E-state index in [1.165, 1.54) is 24.3 Å². The minimum atomic E-state index is -2.44. The monoisotopic (exact) mass is 563 g/mol. The van der Waals surface area contributed by atoms with E-state index in [0.29, 0.717) is 12.8 Å². The average molecular weight is 565 g/mol. The molecule has 0 aromatic heterocycles. The van der Waals surface area contributed by atoms with Crippen molar-refractivity contribution in [2.24, 2.45) is 0 Å². The molecule has 0 radical (unpaired) electrons. The van der Waals surface area contributed by atoms with E-state index in [4.69, 9.17) is 27.9 Å². The summed E-state index contributed by atoms with van der Waals surface area (Å²) >= 11 is 11.5. The normalized spacial score (nSPS) is 22.8. The van der Waals surface area contributed by atoms with Crippen LogP contribution in [-0.4, -0.2) is 47.8 Å². The Morgan fingerprint density at radius 2 is 1.42 bits per heavy atom. The van der Waals surface area contributed by atoms with Crippen molar-refractivity contribution in [2.45, 2.75) is 44.1 Å². The second kappa shape index (κ2) is 10.0. The van der Waals surface area contributed by atoms with Crippen LogP contribution in [0.1, 0.15) is 31.4 Å². The van der Waals surface area contributed by atoms with Crippen molar-refractivity contribution in [1.82, 2.24) is 0 Å². The van der Waals surface area contributed by atoms with Crippen LogP contribution in [-0.2, 0) is 15.1 Å². The molecule has 2 unspecified atom stereocenters. The van der Waals surface area contributed by atoms with Gasteiger partial charge >= 0.3 is 5.97 Å². The van der Waals surface area contributed by atoms with Gasteiger partial charge in [-0.15, -0.1) is 0 Å². The van der Waals surface area contributed by atoms with Crippen LogP contribution in [0.2, 0.25) is 10.0 Å². The first-order chi connectivity index (χ1) is 14.5. The summed E-state index contributed by atoms with van der Waals surface area (Å²) in [6.07, 6.45) is 4.98. The number of aliphatic hydroxyl groups is 1. The summed E-state index contributed by atoms with van der Waals surface area (Å²) in [5.74, 6) is -2.65. The fourth-order valence-corrected chi connectivity index (χ4v) is 4.69. The Bertz CT molecular complexity index is 1010. The average Bonchev–Trinajstić information content (AvgIpc) is 2.88. The molecule has 1 N–H and O–H groups in total. The molecular formula is C24H26BrCl2F2NO3. The van der Waals surface area contributed by atoms with E-state index < -0.39 is 29.3 Å². The molecule has 2 bridgehead atoms. The number of ether oxygens (including phenoxy) is 1. The summed E-state index contributed by atoms with van der Waals surface area (Å²) in [5, 5.41) is 11.2. The lowest BCUT2D eigenvalue weighted by Gasteiger charge is -2.44. The highest BCUT2D eigenvalue weighted by Crippen LogP contribution is 2.39. The SMILES string of the molecule is C.C[N+]1(C)C2C=C[C@@H]1CC(OC(=O)C(O)(c1ccc(Cl)c(F)c1)c1ccc(Cl)c(F)c1)C2.[Br-]. The van der Waals surface area contributed by atoms with Gasteiger partial charge in [-0.2, -0.15) is 0 Å². The maximum absolute atomic E-state index is 14.2. The third-order valence-corrected chi connectivity index (χ3v) is 7.13. The van der Waals surface area contributed by atoms with Gasteiger partial charge in [0.25, 0.3) is 0 Å². The van der Waals surface area contributed by atoms with Gasteiger partial charge in [-0.05, 0) is 36.4 Å². The minimum Gasteiger partial charge on any atom is -1.00 e. The quantitative estimate of drug-likeness (QED) is 0.352. The zero-order chi connectivity index (χ0) is 22.6. The number of rotatable bonds is 4. The van der Waals surface area contributed by atoms with E-state index in [9.17, 15) is 18.7 Å². The fourth-order valence-electron chi connectivity index (χ4n) is 4.46. The van der Waals surface area contributed by atoms with Gasteiger partial charge in [0.05, 0.1) is 24.1 Å². The molecule has 33 heavy (non-hydrogen) atoms. The Morgan fingerprint density at radius 1 is 1.00 bits per heavy atom. The number of halogens is 5. The third-order valence-electron chi connectivity index (χ3n) is 6.52. The van der Waals surface area contributed by atoms with Crippen LogP contribution in [0.5, 0.6) is 0 Å². The van der Waals surface area contributed by atoms with E-state index in [2.05, 4.69) is 26.2 Å². The Labute approximate surface area is 213 Å². The number of esters is 1. The molecule has 4 nitrogen and oxygen atoms in total. The summed E-state index contributed by atoms with van der Waals surface area (Å²) in [6.45, 7) is 0. The number of hydrogen-bond acceptors (Lipinski definition) is 3. The van der Waals surface area contributed by atoms with Crippen molar-refractivity contribution in [1.29, 1.82) is 0 Å². The topological polar surface area (TPSA) is 46.5 Å². The molecule has 2 aromatic rings. The van der Waals surface area contributed by atoms with Crippen molar-refractivity contribution in [3.05, 3.63) is 81.4 Å². The summed E-state index contributed by atoms with van der Waals surface area (Å²) in [7, 11) is 4.24. The number of quaternary nitrogens is 1. The summed E-state index contributed by atoms with van der Waals surface area (Å²) in [4.78, 5) is 13.3. The number of likely N-dealkylation sites (N-methyl/N-ethyl adjacent to an activating group) is 1. The number of benzene rings is 2. The van der Waals surface area contributed by atoms with E-state index >= 15 is 0 Å². The molecule has 9 heteroatoms. The number of fused-ring (bicyclic) bond motifs is 2. The van der Waals surface area contributed by atoms with E-state index in [1.807, 2.05) is 0 Å². The molecule has 1 fully saturated rings. The fraction of sp³-hybridized carbons (Fsp3) is 0.375. The summed E-state index contributed by atoms with van der Waals surface area (Å²) < 4.78 is 34.9. The Hall–Kier alpha value is -1.51. The van der Waals surface area contributed by atoms with Crippen LogP contribution >= 0.6 is 23.2 Å². The first kappa shape index (κ1) is 27.7. The molecule has 2 aliphatic heterocycles. The molecule has 0 saturated carbocycles. The molecule has 180 valence electrons. The molecule has 4 rings (SSSR count). The van der Waals surface area contributed by atoms with E-state index in [0.717, 1.165) is 16.6 Å². The Balaban J connectivity index is 0.00000193. The number of carbonyl (C=O) groups is 1. The predicted molar refractivity (Wildman–Crippen MR) is 120 cm³/mol. The molecule has 1 saturated heterocycles. The highest BCUT2D eigenvalue weighted by Gasteiger charge is 2.49. The molecule has 0 amide bonds. The Morgan fingerprint density at radius 3 is 1.82 bits per heavy atom. The van der Waals surface area contributed by atoms with Gasteiger partial charge in [-0.25, -0.2) is 13.6 Å². The second-order valence-electron chi connectivity index (χ2n) is 8.62. The van der Waals surface area contributed by atoms with Crippen LogP contribution in [0.3, 0.4) is 0 Å². The molecule has 3 atom stereocenters. The summed E-state index contributed by atoms with van der Waals surface area (Å²) in [6, 6.07) is 7.33. The Kier molecular flexibility index (Phi) is 8.40. The zero-order valence-corrected chi connectivity index (χ0v) is 20.5. The van der Waals surface area contributed by atoms with Crippen LogP contribution in [0.15, 0.2) is 48.6 Å². The van der Waals surface area contributed by atoms with Crippen LogP contribution in [0.25, 0.3) is 0 Å². The van der Waals surface area contributed by atoms with E-state index in [-0.39, 0.29) is 57.7 Å². The lowest BCUT2D eigenvalue weighted by molar-refractivity contribution is -0.926. The first-order valence-electron chi connectivity index (χ1n) is 9.89. The second-order valence-corrected chi connectivity index (χ2v) is 9.43. The van der Waals surface area contributed by atoms with Crippen LogP contribution in [0.4, 0.5) is 8.78 Å². The maximum atomic E-state index is 14.2. The summed E-state index contributed by atoms with van der Waals surface area (Å²) in [5.41, 5.74) is -2.67. The molecule has 0 spiro atoms. The number of carbonyl (C=O) groups excluding carboxylic acids is 1. The van der Waals surface area contributed by atoms with Gasteiger partial charge in [0, 0.05) is 24.0 Å². The largest absolute Gasteiger partial charge is 1.00 e. The smallest absolute Gasteiger partial charge is 0.347 e. The highest BCUT2D eigenvalue weighted by atomic mass is 79.9. The molecule has 2 heterocycles. The van der Waals surface area contributed by atoms with Crippen LogP contribution < -0.4 is 17.0 Å². The van der Waals surface area contributed by atoms with Gasteiger partial charge in [-0.3, -0.25) is 0 Å². The highest BCUT2D eigenvalue weighted by molar-refractivity contribution is 6.31. The number of hydrogen-bond donors (Lipinski definition) is 1. The lowest BCUT2D eigenvalue weighted by atomic mass is 9.86. The van der Waals surface area contributed by atoms with Crippen molar-refractivity contribution >= 4 is 29.2 Å². The molecular weight excluding hydrogens is 539 g/mol. The first-order valence-corrected chi connectivity index (χ1v) is 10.6. The molecule has 2 aromatic carbocycles. The van der Waals surface area contributed by atoms with Gasteiger partial charge in [0.2, 0.25) is 5.60 Å². The van der Waals surface area contributed by atoms with Gasteiger partial charge in [0.1, 0.15) is 29.8 Å². The zero-order valence-electron chi connectivity index (χ0n) is 17.4. The van der Waals surface area contributed by atoms with Crippen LogP contribution in [0, 0.1) is 11.6 Å².